The fourth-order valence-corrected chi connectivity index (χ4v) is 2.55. The molecule has 1 N–H and O–H groups in total. The van der Waals surface area contributed by atoms with E-state index in [2.05, 4.69) is 5.32 Å². The maximum atomic E-state index is 12.3. The minimum absolute atomic E-state index is 0.109. The predicted octanol–water partition coefficient (Wildman–Crippen LogP) is 2.49. The zero-order valence-corrected chi connectivity index (χ0v) is 13.8. The minimum atomic E-state index is -0.112. The van der Waals surface area contributed by atoms with Gasteiger partial charge in [-0.15, -0.1) is 0 Å². The van der Waals surface area contributed by atoms with Crippen LogP contribution in [0.2, 0.25) is 5.02 Å². The van der Waals surface area contributed by atoms with E-state index in [1.807, 2.05) is 38.1 Å². The van der Waals surface area contributed by atoms with E-state index >= 15 is 0 Å². The molecule has 6 heteroatoms. The van der Waals surface area contributed by atoms with Gasteiger partial charge in [0.05, 0.1) is 0 Å². The summed E-state index contributed by atoms with van der Waals surface area (Å²) >= 11 is 6.13. The van der Waals surface area contributed by atoms with Crippen molar-refractivity contribution < 1.29 is 9.59 Å². The topological polar surface area (TPSA) is 52.7 Å². The van der Waals surface area contributed by atoms with Gasteiger partial charge < -0.3 is 15.1 Å². The number of halogens is 1. The molecule has 1 aliphatic rings. The number of carbonyl (C=O) groups excluding carboxylic acids is 2. The zero-order valence-electron chi connectivity index (χ0n) is 13.0. The Kier molecular flexibility index (Phi) is 5.66. The number of nitrogens with one attached hydrogen (secondary N) is 1. The molecule has 1 aliphatic heterocycles. The number of hydrogen-bond donors (Lipinski definition) is 1. The lowest BCUT2D eigenvalue weighted by Gasteiger charge is -2.20. The van der Waals surface area contributed by atoms with Gasteiger partial charge in [-0.1, -0.05) is 36.7 Å². The molecule has 0 aliphatic carbocycles. The summed E-state index contributed by atoms with van der Waals surface area (Å²) < 4.78 is 0. The van der Waals surface area contributed by atoms with Crippen LogP contribution in [0.5, 0.6) is 0 Å². The summed E-state index contributed by atoms with van der Waals surface area (Å²) in [5, 5.41) is 3.53. The predicted molar refractivity (Wildman–Crippen MR) is 86.7 cm³/mol. The molecule has 1 atom stereocenters. The van der Waals surface area contributed by atoms with E-state index in [9.17, 15) is 9.59 Å². The van der Waals surface area contributed by atoms with Crippen LogP contribution in [-0.2, 0) is 11.3 Å². The van der Waals surface area contributed by atoms with Crippen molar-refractivity contribution in [2.24, 2.45) is 0 Å². The van der Waals surface area contributed by atoms with Gasteiger partial charge in [-0.3, -0.25) is 4.79 Å². The lowest BCUT2D eigenvalue weighted by atomic mass is 10.2. The molecule has 1 heterocycles. The lowest BCUT2D eigenvalue weighted by molar-refractivity contribution is -0.122. The molecule has 1 unspecified atom stereocenters. The normalized spacial score (nSPS) is 16.0. The first-order valence-corrected chi connectivity index (χ1v) is 7.95. The molecule has 22 heavy (non-hydrogen) atoms. The molecule has 1 aromatic rings. The van der Waals surface area contributed by atoms with Crippen molar-refractivity contribution in [2.75, 3.05) is 19.6 Å². The van der Waals surface area contributed by atoms with E-state index in [4.69, 9.17) is 11.6 Å². The summed E-state index contributed by atoms with van der Waals surface area (Å²) in [7, 11) is 0. The first-order valence-electron chi connectivity index (χ1n) is 7.58. The van der Waals surface area contributed by atoms with Crippen molar-refractivity contribution in [1.29, 1.82) is 0 Å². The molecule has 2 rings (SSSR count). The van der Waals surface area contributed by atoms with Gasteiger partial charge >= 0.3 is 6.03 Å². The highest BCUT2D eigenvalue weighted by Gasteiger charge is 2.30. The monoisotopic (exact) mass is 323 g/mol. The fourth-order valence-electron chi connectivity index (χ4n) is 2.35. The average molecular weight is 324 g/mol. The number of carbonyl (C=O) groups is 2. The van der Waals surface area contributed by atoms with Gasteiger partial charge in [0.25, 0.3) is 0 Å². The lowest BCUT2D eigenvalue weighted by Crippen LogP contribution is -2.42. The second-order valence-corrected chi connectivity index (χ2v) is 6.00. The van der Waals surface area contributed by atoms with Crippen LogP contribution in [0.4, 0.5) is 4.79 Å². The first kappa shape index (κ1) is 16.6. The zero-order chi connectivity index (χ0) is 16.1. The average Bonchev–Trinajstić information content (AvgIpc) is 2.82. The summed E-state index contributed by atoms with van der Waals surface area (Å²) in [6.45, 7) is 5.73. The number of amides is 3. The SMILES string of the molecule is CCC(C)NC(=O)CN1CCN(Cc2ccccc2Cl)C1=O. The van der Waals surface area contributed by atoms with Gasteiger partial charge in [-0.2, -0.15) is 0 Å². The standard InChI is InChI=1S/C16H22ClN3O2/c1-3-12(2)18-15(21)11-20-9-8-19(16(20)22)10-13-6-4-5-7-14(13)17/h4-7,12H,3,8-11H2,1-2H3,(H,18,21). The number of urea groups is 1. The molecular weight excluding hydrogens is 302 g/mol. The Bertz CT molecular complexity index is 550. The minimum Gasteiger partial charge on any atom is -0.352 e. The Hall–Kier alpha value is -1.75. The quantitative estimate of drug-likeness (QED) is 0.874. The molecule has 1 saturated heterocycles. The fraction of sp³-hybridized carbons (Fsp3) is 0.500. The van der Waals surface area contributed by atoms with Gasteiger partial charge in [0.1, 0.15) is 6.54 Å². The smallest absolute Gasteiger partial charge is 0.320 e. The number of benzene rings is 1. The van der Waals surface area contributed by atoms with Crippen molar-refractivity contribution in [3.05, 3.63) is 34.9 Å². The largest absolute Gasteiger partial charge is 0.352 e. The summed E-state index contributed by atoms with van der Waals surface area (Å²) in [4.78, 5) is 27.5. The summed E-state index contributed by atoms with van der Waals surface area (Å²) in [6, 6.07) is 7.51. The van der Waals surface area contributed by atoms with Crippen molar-refractivity contribution in [1.82, 2.24) is 15.1 Å². The van der Waals surface area contributed by atoms with E-state index in [0.717, 1.165) is 12.0 Å². The van der Waals surface area contributed by atoms with E-state index in [1.54, 1.807) is 9.80 Å². The molecule has 0 spiro atoms. The third-order valence-corrected chi connectivity index (χ3v) is 4.22. The Morgan fingerprint density at radius 3 is 2.68 bits per heavy atom. The molecule has 0 bridgehead atoms. The van der Waals surface area contributed by atoms with Crippen LogP contribution in [0, 0.1) is 0 Å². The molecule has 5 nitrogen and oxygen atoms in total. The highest BCUT2D eigenvalue weighted by atomic mass is 35.5. The third kappa shape index (κ3) is 4.13. The van der Waals surface area contributed by atoms with E-state index in [-0.39, 0.29) is 24.5 Å². The third-order valence-electron chi connectivity index (χ3n) is 3.85. The van der Waals surface area contributed by atoms with Crippen LogP contribution >= 0.6 is 11.6 Å². The molecule has 1 aromatic carbocycles. The van der Waals surface area contributed by atoms with Gasteiger partial charge in [-0.25, -0.2) is 4.79 Å². The van der Waals surface area contributed by atoms with Crippen LogP contribution in [0.1, 0.15) is 25.8 Å². The van der Waals surface area contributed by atoms with Crippen molar-refractivity contribution >= 4 is 23.5 Å². The molecular formula is C16H22ClN3O2. The molecule has 1 fully saturated rings. The van der Waals surface area contributed by atoms with Gasteiger partial charge in [0, 0.05) is 30.7 Å². The summed E-state index contributed by atoms with van der Waals surface area (Å²) in [5.74, 6) is -0.109. The van der Waals surface area contributed by atoms with Gasteiger partial charge in [-0.05, 0) is 25.0 Å². The Morgan fingerprint density at radius 1 is 1.32 bits per heavy atom. The number of nitrogens with zero attached hydrogens (tertiary/aromatic N) is 2. The maximum Gasteiger partial charge on any atom is 0.320 e. The van der Waals surface area contributed by atoms with Gasteiger partial charge in [0.15, 0.2) is 0 Å². The summed E-state index contributed by atoms with van der Waals surface area (Å²) in [5.41, 5.74) is 0.920. The van der Waals surface area contributed by atoms with Crippen molar-refractivity contribution in [2.45, 2.75) is 32.9 Å². The van der Waals surface area contributed by atoms with Crippen molar-refractivity contribution in [3.63, 3.8) is 0 Å². The highest BCUT2D eigenvalue weighted by molar-refractivity contribution is 6.31. The van der Waals surface area contributed by atoms with E-state index in [0.29, 0.717) is 24.7 Å². The molecule has 0 radical (unpaired) electrons. The van der Waals surface area contributed by atoms with Crippen LogP contribution in [0.25, 0.3) is 0 Å². The van der Waals surface area contributed by atoms with E-state index in [1.165, 1.54) is 0 Å². The molecule has 0 aromatic heterocycles. The van der Waals surface area contributed by atoms with Crippen LogP contribution in [0.15, 0.2) is 24.3 Å². The number of rotatable bonds is 6. The highest BCUT2D eigenvalue weighted by Crippen LogP contribution is 2.19. The molecule has 3 amide bonds. The van der Waals surface area contributed by atoms with Crippen molar-refractivity contribution in [3.8, 4) is 0 Å². The second kappa shape index (κ2) is 7.49. The molecule has 0 saturated carbocycles. The second-order valence-electron chi connectivity index (χ2n) is 5.59. The Labute approximate surface area is 136 Å². The molecule has 120 valence electrons. The van der Waals surface area contributed by atoms with Crippen LogP contribution < -0.4 is 5.32 Å². The van der Waals surface area contributed by atoms with Gasteiger partial charge in [0.2, 0.25) is 5.91 Å². The Balaban J connectivity index is 1.90. The number of hydrogen-bond acceptors (Lipinski definition) is 2. The Morgan fingerprint density at radius 2 is 2.00 bits per heavy atom. The first-order chi connectivity index (χ1) is 10.5. The van der Waals surface area contributed by atoms with Crippen LogP contribution in [0.3, 0.4) is 0 Å². The summed E-state index contributed by atoms with van der Waals surface area (Å²) in [6.07, 6.45) is 0.873. The van der Waals surface area contributed by atoms with Crippen LogP contribution in [-0.4, -0.2) is 47.4 Å². The maximum absolute atomic E-state index is 12.3. The van der Waals surface area contributed by atoms with E-state index < -0.39 is 0 Å².